The first kappa shape index (κ1) is 16.5. The van der Waals surface area contributed by atoms with E-state index in [2.05, 4.69) is 4.98 Å². The molecule has 4 rings (SSSR count). The standard InChI is InChI=1S/C18H17FN4O3/c19-13-5-10-14(22-7-12(16(10)24)17(25)26)11(6-20)15(13)23-4-1-9(8-23)18(21)2-3-18/h5,7,9H,1-4,8,21H2,(H,22,24)(H,25,26)/t9-/m1/s1. The molecule has 1 saturated heterocycles. The van der Waals surface area contributed by atoms with Crippen molar-refractivity contribution in [1.82, 2.24) is 4.98 Å². The summed E-state index contributed by atoms with van der Waals surface area (Å²) in [7, 11) is 0. The third-order valence-electron chi connectivity index (χ3n) is 5.59. The number of H-pyrrole nitrogens is 1. The first-order chi connectivity index (χ1) is 12.4. The van der Waals surface area contributed by atoms with E-state index in [1.165, 1.54) is 0 Å². The van der Waals surface area contributed by atoms with E-state index in [0.29, 0.717) is 13.1 Å². The van der Waals surface area contributed by atoms with E-state index in [9.17, 15) is 19.2 Å². The number of aromatic nitrogens is 1. The highest BCUT2D eigenvalue weighted by molar-refractivity contribution is 5.96. The minimum atomic E-state index is -1.41. The predicted molar refractivity (Wildman–Crippen MR) is 92.7 cm³/mol. The van der Waals surface area contributed by atoms with Gasteiger partial charge in [0.2, 0.25) is 5.43 Å². The van der Waals surface area contributed by atoms with Crippen LogP contribution in [0.5, 0.6) is 0 Å². The van der Waals surface area contributed by atoms with Gasteiger partial charge in [-0.25, -0.2) is 9.18 Å². The molecule has 0 amide bonds. The van der Waals surface area contributed by atoms with E-state index in [1.54, 1.807) is 4.90 Å². The van der Waals surface area contributed by atoms with Crippen LogP contribution in [-0.4, -0.2) is 34.7 Å². The van der Waals surface area contributed by atoms with E-state index in [-0.39, 0.29) is 33.6 Å². The van der Waals surface area contributed by atoms with Crippen LogP contribution in [0.3, 0.4) is 0 Å². The Morgan fingerprint density at radius 1 is 1.50 bits per heavy atom. The Balaban J connectivity index is 1.85. The van der Waals surface area contributed by atoms with Crippen LogP contribution in [0, 0.1) is 23.1 Å². The van der Waals surface area contributed by atoms with Gasteiger partial charge in [0, 0.05) is 24.8 Å². The van der Waals surface area contributed by atoms with Crippen LogP contribution in [0.25, 0.3) is 10.9 Å². The van der Waals surface area contributed by atoms with Gasteiger partial charge in [0.1, 0.15) is 23.0 Å². The largest absolute Gasteiger partial charge is 0.477 e. The Hall–Kier alpha value is -2.92. The zero-order valence-electron chi connectivity index (χ0n) is 13.9. The molecule has 1 aliphatic heterocycles. The summed E-state index contributed by atoms with van der Waals surface area (Å²) < 4.78 is 14.8. The van der Waals surface area contributed by atoms with Gasteiger partial charge in [0.05, 0.1) is 16.6 Å². The van der Waals surface area contributed by atoms with E-state index < -0.39 is 22.8 Å². The minimum absolute atomic E-state index is 0.0107. The fourth-order valence-electron chi connectivity index (χ4n) is 3.89. The van der Waals surface area contributed by atoms with E-state index in [1.807, 2.05) is 6.07 Å². The second-order valence-electron chi connectivity index (χ2n) is 7.12. The van der Waals surface area contributed by atoms with Crippen LogP contribution in [0.4, 0.5) is 10.1 Å². The van der Waals surface area contributed by atoms with E-state index in [0.717, 1.165) is 31.5 Å². The average molecular weight is 356 g/mol. The first-order valence-electron chi connectivity index (χ1n) is 8.41. The Kier molecular flexibility index (Phi) is 3.53. The maximum absolute atomic E-state index is 14.8. The summed E-state index contributed by atoms with van der Waals surface area (Å²) >= 11 is 0. The molecule has 1 atom stereocenters. The van der Waals surface area contributed by atoms with Crippen LogP contribution >= 0.6 is 0 Å². The summed E-state index contributed by atoms with van der Waals surface area (Å²) in [6.07, 6.45) is 3.79. The molecule has 1 saturated carbocycles. The van der Waals surface area contributed by atoms with Crippen LogP contribution in [-0.2, 0) is 0 Å². The summed E-state index contributed by atoms with van der Waals surface area (Å²) in [6, 6.07) is 2.98. The predicted octanol–water partition coefficient (Wildman–Crippen LogP) is 1.55. The van der Waals surface area contributed by atoms with Gasteiger partial charge in [-0.05, 0) is 31.2 Å². The molecule has 8 heteroatoms. The number of nitrogens with one attached hydrogen (secondary N) is 1. The Bertz CT molecular complexity index is 1040. The smallest absolute Gasteiger partial charge is 0.341 e. The van der Waals surface area contributed by atoms with E-state index in [4.69, 9.17) is 10.8 Å². The lowest BCUT2D eigenvalue weighted by Gasteiger charge is -2.23. The number of hydrogen-bond acceptors (Lipinski definition) is 5. The van der Waals surface area contributed by atoms with Crippen LogP contribution in [0.2, 0.25) is 0 Å². The van der Waals surface area contributed by atoms with Crippen molar-refractivity contribution in [3.63, 3.8) is 0 Å². The molecular formula is C18H17FN4O3. The fourth-order valence-corrected chi connectivity index (χ4v) is 3.89. The molecule has 4 N–H and O–H groups in total. The normalized spacial score (nSPS) is 21.0. The van der Waals surface area contributed by atoms with Crippen molar-refractivity contribution >= 4 is 22.6 Å². The maximum atomic E-state index is 14.8. The zero-order chi connectivity index (χ0) is 18.6. The van der Waals surface area contributed by atoms with Gasteiger partial charge in [-0.15, -0.1) is 0 Å². The number of halogens is 1. The molecular weight excluding hydrogens is 339 g/mol. The van der Waals surface area contributed by atoms with Crippen molar-refractivity contribution in [3.05, 3.63) is 39.4 Å². The van der Waals surface area contributed by atoms with Crippen LogP contribution in [0.1, 0.15) is 35.2 Å². The number of nitriles is 1. The summed E-state index contributed by atoms with van der Waals surface area (Å²) in [5, 5.41) is 18.5. The molecule has 26 heavy (non-hydrogen) atoms. The van der Waals surface area contributed by atoms with Gasteiger partial charge in [-0.2, -0.15) is 5.26 Å². The number of aromatic amines is 1. The monoisotopic (exact) mass is 356 g/mol. The van der Waals surface area contributed by atoms with Gasteiger partial charge < -0.3 is 20.7 Å². The van der Waals surface area contributed by atoms with E-state index >= 15 is 0 Å². The molecule has 1 aromatic heterocycles. The molecule has 0 radical (unpaired) electrons. The second kappa shape index (κ2) is 5.54. The number of nitrogens with zero attached hydrogens (tertiary/aromatic N) is 2. The molecule has 7 nitrogen and oxygen atoms in total. The highest BCUT2D eigenvalue weighted by atomic mass is 19.1. The molecule has 0 spiro atoms. The number of pyridine rings is 1. The second-order valence-corrected chi connectivity index (χ2v) is 7.12. The quantitative estimate of drug-likeness (QED) is 0.767. The number of benzene rings is 1. The van der Waals surface area contributed by atoms with Crippen molar-refractivity contribution in [2.75, 3.05) is 18.0 Å². The fraction of sp³-hybridized carbons (Fsp3) is 0.389. The van der Waals surface area contributed by atoms with Gasteiger partial charge in [-0.1, -0.05) is 0 Å². The molecule has 2 heterocycles. The Morgan fingerprint density at radius 3 is 2.85 bits per heavy atom. The van der Waals surface area contributed by atoms with Crippen LogP contribution in [0.15, 0.2) is 17.1 Å². The molecule has 1 aliphatic carbocycles. The molecule has 2 aliphatic rings. The summed E-state index contributed by atoms with van der Waals surface area (Å²) in [5.41, 5.74) is 5.09. The Labute approximate surface area is 147 Å². The molecule has 0 unspecified atom stereocenters. The number of anilines is 1. The van der Waals surface area contributed by atoms with Crippen LogP contribution < -0.4 is 16.1 Å². The highest BCUT2D eigenvalue weighted by Crippen LogP contribution is 2.45. The number of fused-ring (bicyclic) bond motifs is 1. The zero-order valence-corrected chi connectivity index (χ0v) is 13.9. The van der Waals surface area contributed by atoms with Crippen molar-refractivity contribution < 1.29 is 14.3 Å². The lowest BCUT2D eigenvalue weighted by Crippen LogP contribution is -2.35. The molecule has 134 valence electrons. The number of hydrogen-bond donors (Lipinski definition) is 3. The summed E-state index contributed by atoms with van der Waals surface area (Å²) in [6.45, 7) is 1.14. The first-order valence-corrected chi connectivity index (χ1v) is 8.41. The number of rotatable bonds is 3. The lowest BCUT2D eigenvalue weighted by atomic mass is 9.97. The lowest BCUT2D eigenvalue weighted by molar-refractivity contribution is 0.0695. The number of aromatic carboxylic acids is 1. The molecule has 2 fully saturated rings. The summed E-state index contributed by atoms with van der Waals surface area (Å²) in [4.78, 5) is 27.9. The maximum Gasteiger partial charge on any atom is 0.341 e. The van der Waals surface area contributed by atoms with Crippen molar-refractivity contribution in [2.45, 2.75) is 24.8 Å². The van der Waals surface area contributed by atoms with Gasteiger partial charge in [0.25, 0.3) is 0 Å². The van der Waals surface area contributed by atoms with Crippen molar-refractivity contribution in [3.8, 4) is 6.07 Å². The van der Waals surface area contributed by atoms with Gasteiger partial charge in [0.15, 0.2) is 0 Å². The number of carboxylic acid groups (broad SMARTS) is 1. The molecule has 2 aromatic rings. The summed E-state index contributed by atoms with van der Waals surface area (Å²) in [5.74, 6) is -1.86. The number of nitrogens with two attached hydrogens (primary N) is 1. The molecule has 0 bridgehead atoms. The van der Waals surface area contributed by atoms with Gasteiger partial charge >= 0.3 is 5.97 Å². The topological polar surface area (TPSA) is 123 Å². The average Bonchev–Trinajstić information content (AvgIpc) is 3.16. The number of carboxylic acids is 1. The third kappa shape index (κ3) is 2.35. The van der Waals surface area contributed by atoms with Gasteiger partial charge in [-0.3, -0.25) is 4.79 Å². The third-order valence-corrected chi connectivity index (χ3v) is 5.59. The Morgan fingerprint density at radius 2 is 2.23 bits per heavy atom. The minimum Gasteiger partial charge on any atom is -0.477 e. The van der Waals surface area contributed by atoms with Crippen molar-refractivity contribution in [2.24, 2.45) is 11.7 Å². The highest BCUT2D eigenvalue weighted by Gasteiger charge is 2.48. The number of carbonyl (C=O) groups is 1. The van der Waals surface area contributed by atoms with Crippen molar-refractivity contribution in [1.29, 1.82) is 5.26 Å². The SMILES string of the molecule is N#Cc1c(N2CC[C@@H](C3(N)CC3)C2)c(F)cc2c(=O)c(C(=O)O)c[nH]c12. The molecule has 1 aromatic carbocycles.